The molecule has 0 fully saturated rings. The Labute approximate surface area is 140 Å². The first-order chi connectivity index (χ1) is 10.2. The zero-order valence-corrected chi connectivity index (χ0v) is 15.4. The molecule has 1 nitrogen and oxygen atoms in total. The number of thiophene rings is 1. The maximum atomic E-state index is 3.67. The van der Waals surface area contributed by atoms with Crippen LogP contribution in [-0.4, -0.2) is 6.54 Å². The predicted octanol–water partition coefficient (Wildman–Crippen LogP) is 6.11. The fourth-order valence-electron chi connectivity index (χ4n) is 2.41. The molecule has 1 aromatic carbocycles. The lowest BCUT2D eigenvalue weighted by Crippen LogP contribution is -2.22. The Balaban J connectivity index is 2.24. The van der Waals surface area contributed by atoms with Gasteiger partial charge in [-0.15, -0.1) is 11.3 Å². The summed E-state index contributed by atoms with van der Waals surface area (Å²) >= 11 is 5.38. The summed E-state index contributed by atoms with van der Waals surface area (Å²) in [4.78, 5) is 1.37. The molecule has 0 aliphatic carbocycles. The molecule has 2 rings (SSSR count). The number of hydrogen-bond donors (Lipinski definition) is 1. The van der Waals surface area contributed by atoms with Crippen molar-refractivity contribution < 1.29 is 0 Å². The van der Waals surface area contributed by atoms with Crippen LogP contribution in [0.3, 0.4) is 0 Å². The van der Waals surface area contributed by atoms with Crippen LogP contribution in [0.2, 0.25) is 0 Å². The Morgan fingerprint density at radius 3 is 2.24 bits per heavy atom. The maximum absolute atomic E-state index is 3.67. The van der Waals surface area contributed by atoms with E-state index < -0.39 is 0 Å². The van der Waals surface area contributed by atoms with Gasteiger partial charge in [-0.05, 0) is 64.5 Å². The van der Waals surface area contributed by atoms with Crippen molar-refractivity contribution in [2.75, 3.05) is 6.54 Å². The molecule has 0 amide bonds. The lowest BCUT2D eigenvalue weighted by Gasteiger charge is -2.19. The molecule has 2 atom stereocenters. The fourth-order valence-corrected chi connectivity index (χ4v) is 3.94. The highest BCUT2D eigenvalue weighted by atomic mass is 79.9. The maximum Gasteiger partial charge on any atom is 0.0702 e. The van der Waals surface area contributed by atoms with Crippen LogP contribution in [-0.2, 0) is 0 Å². The highest BCUT2D eigenvalue weighted by molar-refractivity contribution is 9.11. The normalized spacial score (nSPS) is 14.1. The van der Waals surface area contributed by atoms with Crippen molar-refractivity contribution in [2.24, 2.45) is 0 Å². The summed E-state index contributed by atoms with van der Waals surface area (Å²) in [6.45, 7) is 7.78. The zero-order chi connectivity index (χ0) is 15.2. The minimum atomic E-state index is 0.298. The highest BCUT2D eigenvalue weighted by Crippen LogP contribution is 2.32. The Bertz CT molecular complexity index is 547. The van der Waals surface area contributed by atoms with E-state index in [9.17, 15) is 0 Å². The van der Waals surface area contributed by atoms with Crippen molar-refractivity contribution in [2.45, 2.75) is 45.6 Å². The quantitative estimate of drug-likeness (QED) is 0.623. The molecule has 21 heavy (non-hydrogen) atoms. The monoisotopic (exact) mass is 365 g/mol. The molecule has 0 aliphatic heterocycles. The van der Waals surface area contributed by atoms with E-state index in [0.29, 0.717) is 12.0 Å². The summed E-state index contributed by atoms with van der Waals surface area (Å²) in [5.74, 6) is 0.636. The summed E-state index contributed by atoms with van der Waals surface area (Å²) in [6, 6.07) is 13.8. The minimum absolute atomic E-state index is 0.298. The van der Waals surface area contributed by atoms with Crippen molar-refractivity contribution in [1.82, 2.24) is 5.32 Å². The third-order valence-corrected chi connectivity index (χ3v) is 5.62. The van der Waals surface area contributed by atoms with E-state index in [2.05, 4.69) is 78.4 Å². The van der Waals surface area contributed by atoms with Crippen LogP contribution in [0.15, 0.2) is 40.2 Å². The average Bonchev–Trinajstić information content (AvgIpc) is 2.94. The Kier molecular flexibility index (Phi) is 6.46. The van der Waals surface area contributed by atoms with Gasteiger partial charge in [-0.1, -0.05) is 45.0 Å². The van der Waals surface area contributed by atoms with Gasteiger partial charge in [0.1, 0.15) is 0 Å². The van der Waals surface area contributed by atoms with E-state index in [0.717, 1.165) is 13.0 Å². The molecular weight excluding hydrogens is 342 g/mol. The third kappa shape index (κ3) is 4.41. The van der Waals surface area contributed by atoms with Gasteiger partial charge in [-0.3, -0.25) is 0 Å². The van der Waals surface area contributed by atoms with Crippen molar-refractivity contribution in [3.05, 3.63) is 56.2 Å². The molecule has 2 unspecified atom stereocenters. The van der Waals surface area contributed by atoms with Crippen molar-refractivity contribution in [3.63, 3.8) is 0 Å². The Morgan fingerprint density at radius 1 is 1.05 bits per heavy atom. The van der Waals surface area contributed by atoms with Crippen LogP contribution in [0.1, 0.15) is 61.6 Å². The number of hydrogen-bond acceptors (Lipinski definition) is 2. The van der Waals surface area contributed by atoms with Gasteiger partial charge in [0.25, 0.3) is 0 Å². The van der Waals surface area contributed by atoms with Crippen molar-refractivity contribution in [3.8, 4) is 0 Å². The van der Waals surface area contributed by atoms with Gasteiger partial charge < -0.3 is 5.32 Å². The van der Waals surface area contributed by atoms with E-state index >= 15 is 0 Å². The fraction of sp³-hybridized carbons (Fsp3) is 0.444. The van der Waals surface area contributed by atoms with Crippen molar-refractivity contribution >= 4 is 27.3 Å². The van der Waals surface area contributed by atoms with Crippen LogP contribution in [0, 0.1) is 0 Å². The predicted molar refractivity (Wildman–Crippen MR) is 97.3 cm³/mol. The molecule has 1 N–H and O–H groups in total. The molecule has 0 radical (unpaired) electrons. The van der Waals surface area contributed by atoms with Crippen LogP contribution in [0.5, 0.6) is 0 Å². The molecule has 2 aromatic rings. The van der Waals surface area contributed by atoms with Gasteiger partial charge in [-0.2, -0.15) is 0 Å². The lowest BCUT2D eigenvalue weighted by atomic mass is 9.95. The van der Waals surface area contributed by atoms with E-state index in [4.69, 9.17) is 0 Å². The van der Waals surface area contributed by atoms with E-state index in [-0.39, 0.29) is 0 Å². The number of benzene rings is 1. The molecule has 0 saturated heterocycles. The lowest BCUT2D eigenvalue weighted by molar-refractivity contribution is 0.605. The van der Waals surface area contributed by atoms with Gasteiger partial charge in [0.15, 0.2) is 0 Å². The van der Waals surface area contributed by atoms with Gasteiger partial charge in [0.05, 0.1) is 9.83 Å². The minimum Gasteiger partial charge on any atom is -0.306 e. The van der Waals surface area contributed by atoms with Crippen LogP contribution in [0.25, 0.3) is 0 Å². The largest absolute Gasteiger partial charge is 0.306 e. The molecule has 114 valence electrons. The van der Waals surface area contributed by atoms with Crippen molar-refractivity contribution in [1.29, 1.82) is 0 Å². The molecular formula is C18H24BrNS. The summed E-state index contributed by atoms with van der Waals surface area (Å²) < 4.78 is 1.19. The van der Waals surface area contributed by atoms with E-state index in [1.54, 1.807) is 0 Å². The van der Waals surface area contributed by atoms with E-state index in [1.165, 1.54) is 26.2 Å². The molecule has 1 aromatic heterocycles. The molecule has 0 aliphatic rings. The molecule has 0 bridgehead atoms. The topological polar surface area (TPSA) is 12.0 Å². The number of halogens is 1. The summed E-state index contributed by atoms with van der Waals surface area (Å²) in [5.41, 5.74) is 2.78. The average molecular weight is 366 g/mol. The summed E-state index contributed by atoms with van der Waals surface area (Å²) in [5, 5.41) is 3.67. The standard InChI is InChI=1S/C18H24BrNS/c1-4-12-20-18(16-10-11-17(19)21-16)15-8-6-14(7-9-15)13(3)5-2/h6-11,13,18,20H,4-5,12H2,1-3H3. The third-order valence-electron chi connectivity index (χ3n) is 3.93. The molecule has 1 heterocycles. The van der Waals surface area contributed by atoms with Gasteiger partial charge in [0, 0.05) is 4.88 Å². The van der Waals surface area contributed by atoms with Crippen LogP contribution >= 0.6 is 27.3 Å². The first-order valence-electron chi connectivity index (χ1n) is 7.74. The van der Waals surface area contributed by atoms with Crippen LogP contribution in [0.4, 0.5) is 0 Å². The second-order valence-corrected chi connectivity index (χ2v) is 8.00. The number of rotatable bonds is 7. The number of nitrogens with one attached hydrogen (secondary N) is 1. The highest BCUT2D eigenvalue weighted by Gasteiger charge is 2.15. The van der Waals surface area contributed by atoms with E-state index in [1.807, 2.05) is 11.3 Å². The first kappa shape index (κ1) is 16.7. The van der Waals surface area contributed by atoms with Crippen LogP contribution < -0.4 is 5.32 Å². The smallest absolute Gasteiger partial charge is 0.0702 e. The Hall–Kier alpha value is -0.640. The summed E-state index contributed by atoms with van der Waals surface area (Å²) in [7, 11) is 0. The second-order valence-electron chi connectivity index (χ2n) is 5.50. The van der Waals surface area contributed by atoms with Gasteiger partial charge in [-0.25, -0.2) is 0 Å². The molecule has 3 heteroatoms. The SMILES string of the molecule is CCCNC(c1ccc(C(C)CC)cc1)c1ccc(Br)s1. The van der Waals surface area contributed by atoms with Gasteiger partial charge >= 0.3 is 0 Å². The second kappa shape index (κ2) is 8.11. The first-order valence-corrected chi connectivity index (χ1v) is 9.35. The molecule has 0 saturated carbocycles. The summed E-state index contributed by atoms with van der Waals surface area (Å²) in [6.07, 6.45) is 2.34. The zero-order valence-electron chi connectivity index (χ0n) is 13.0. The molecule has 0 spiro atoms. The Morgan fingerprint density at radius 2 is 1.71 bits per heavy atom. The van der Waals surface area contributed by atoms with Gasteiger partial charge in [0.2, 0.25) is 0 Å².